The molecule has 0 aromatic heterocycles. The van der Waals surface area contributed by atoms with Crippen molar-refractivity contribution < 1.29 is 9.53 Å². The van der Waals surface area contributed by atoms with E-state index in [4.69, 9.17) is 4.74 Å². The van der Waals surface area contributed by atoms with Crippen molar-refractivity contribution in [2.75, 3.05) is 6.54 Å². The summed E-state index contributed by atoms with van der Waals surface area (Å²) in [4.78, 5) is 11.8. The average molecular weight is 296 g/mol. The predicted octanol–water partition coefficient (Wildman–Crippen LogP) is 3.46. The highest BCUT2D eigenvalue weighted by molar-refractivity contribution is 5.68. The van der Waals surface area contributed by atoms with Gasteiger partial charge in [0.05, 0.1) is 0 Å². The minimum atomic E-state index is -0.415. The number of hydrogen-bond acceptors (Lipinski definition) is 3. The van der Waals surface area contributed by atoms with Crippen molar-refractivity contribution in [3.63, 3.8) is 0 Å². The van der Waals surface area contributed by atoms with Crippen LogP contribution in [-0.4, -0.2) is 30.3 Å². The van der Waals surface area contributed by atoms with Crippen molar-refractivity contribution in [3.05, 3.63) is 0 Å². The van der Waals surface area contributed by atoms with Gasteiger partial charge in [0.15, 0.2) is 0 Å². The molecule has 2 rings (SSSR count). The third kappa shape index (κ3) is 6.25. The molecule has 0 aromatic rings. The normalized spacial score (nSPS) is 28.0. The van der Waals surface area contributed by atoms with E-state index in [9.17, 15) is 4.79 Å². The molecule has 0 aromatic carbocycles. The largest absolute Gasteiger partial charge is 0.444 e. The van der Waals surface area contributed by atoms with Crippen molar-refractivity contribution in [3.8, 4) is 0 Å². The predicted molar refractivity (Wildman–Crippen MR) is 85.3 cm³/mol. The molecular weight excluding hydrogens is 264 g/mol. The molecule has 0 saturated heterocycles. The topological polar surface area (TPSA) is 50.4 Å². The van der Waals surface area contributed by atoms with Gasteiger partial charge in [0.2, 0.25) is 0 Å². The number of carbonyl (C=O) groups is 1. The molecule has 21 heavy (non-hydrogen) atoms. The van der Waals surface area contributed by atoms with Gasteiger partial charge in [-0.3, -0.25) is 0 Å². The summed E-state index contributed by atoms with van der Waals surface area (Å²) in [7, 11) is 0. The monoisotopic (exact) mass is 296 g/mol. The first-order valence-electron chi connectivity index (χ1n) is 8.56. The van der Waals surface area contributed by atoms with Crippen LogP contribution in [0.4, 0.5) is 4.79 Å². The van der Waals surface area contributed by atoms with Crippen LogP contribution < -0.4 is 10.6 Å². The minimum absolute atomic E-state index is 0.277. The Morgan fingerprint density at radius 3 is 2.19 bits per heavy atom. The van der Waals surface area contributed by atoms with Crippen molar-refractivity contribution in [1.82, 2.24) is 10.6 Å². The maximum absolute atomic E-state index is 11.8. The van der Waals surface area contributed by atoms with Gasteiger partial charge in [0, 0.05) is 12.1 Å². The number of carbonyl (C=O) groups excluding carboxylic acids is 1. The third-order valence-corrected chi connectivity index (χ3v) is 4.60. The highest BCUT2D eigenvalue weighted by Gasteiger charge is 2.29. The molecule has 0 radical (unpaired) electrons. The van der Waals surface area contributed by atoms with Gasteiger partial charge in [0.25, 0.3) is 0 Å². The second-order valence-corrected chi connectivity index (χ2v) is 7.92. The molecule has 2 aliphatic carbocycles. The summed E-state index contributed by atoms with van der Waals surface area (Å²) in [5.74, 6) is 1.80. The van der Waals surface area contributed by atoms with Gasteiger partial charge in [-0.05, 0) is 77.7 Å². The first-order valence-corrected chi connectivity index (χ1v) is 8.56. The number of rotatable bonds is 5. The fourth-order valence-corrected chi connectivity index (χ4v) is 3.10. The molecule has 1 amide bonds. The molecule has 2 saturated carbocycles. The van der Waals surface area contributed by atoms with Crippen molar-refractivity contribution in [2.24, 2.45) is 11.8 Å². The van der Waals surface area contributed by atoms with Crippen molar-refractivity contribution in [1.29, 1.82) is 0 Å². The van der Waals surface area contributed by atoms with E-state index >= 15 is 0 Å². The Morgan fingerprint density at radius 1 is 1.10 bits per heavy atom. The SMILES string of the molecule is CC(CNC1CCC(NC(=O)OC(C)(C)C)CC1)C1CC1. The van der Waals surface area contributed by atoms with E-state index in [0.717, 1.165) is 44.1 Å². The van der Waals surface area contributed by atoms with Gasteiger partial charge in [-0.25, -0.2) is 4.79 Å². The maximum Gasteiger partial charge on any atom is 0.407 e. The van der Waals surface area contributed by atoms with Gasteiger partial charge >= 0.3 is 6.09 Å². The van der Waals surface area contributed by atoms with Crippen LogP contribution in [0.1, 0.15) is 66.2 Å². The van der Waals surface area contributed by atoms with E-state index in [2.05, 4.69) is 17.6 Å². The van der Waals surface area contributed by atoms with Crippen LogP contribution >= 0.6 is 0 Å². The number of alkyl carbamates (subject to hydrolysis) is 1. The summed E-state index contributed by atoms with van der Waals surface area (Å²) in [5, 5.41) is 6.71. The van der Waals surface area contributed by atoms with E-state index < -0.39 is 5.60 Å². The van der Waals surface area contributed by atoms with Gasteiger partial charge in [-0.15, -0.1) is 0 Å². The molecule has 0 aliphatic heterocycles. The van der Waals surface area contributed by atoms with Gasteiger partial charge in [0.1, 0.15) is 5.60 Å². The second kappa shape index (κ2) is 6.99. The number of hydrogen-bond donors (Lipinski definition) is 2. The van der Waals surface area contributed by atoms with Gasteiger partial charge in [-0.2, -0.15) is 0 Å². The van der Waals surface area contributed by atoms with E-state index in [1.165, 1.54) is 12.8 Å². The zero-order valence-electron chi connectivity index (χ0n) is 14.1. The number of nitrogens with one attached hydrogen (secondary N) is 2. The summed E-state index contributed by atoms with van der Waals surface area (Å²) in [5.41, 5.74) is -0.415. The Morgan fingerprint density at radius 2 is 1.67 bits per heavy atom. The van der Waals surface area contributed by atoms with Crippen molar-refractivity contribution >= 4 is 6.09 Å². The summed E-state index contributed by atoms with van der Waals surface area (Å²) in [6.07, 6.45) is 6.98. The van der Waals surface area contributed by atoms with E-state index in [1.807, 2.05) is 20.8 Å². The van der Waals surface area contributed by atoms with Crippen LogP contribution in [0.2, 0.25) is 0 Å². The Bertz CT molecular complexity index is 339. The summed E-state index contributed by atoms with van der Waals surface area (Å²) in [6, 6.07) is 0.904. The van der Waals surface area contributed by atoms with Crippen molar-refractivity contribution in [2.45, 2.75) is 83.9 Å². The molecule has 122 valence electrons. The van der Waals surface area contributed by atoms with Crippen LogP contribution in [0, 0.1) is 11.8 Å². The van der Waals surface area contributed by atoms with E-state index in [-0.39, 0.29) is 12.1 Å². The first kappa shape index (κ1) is 16.6. The highest BCUT2D eigenvalue weighted by atomic mass is 16.6. The van der Waals surface area contributed by atoms with E-state index in [1.54, 1.807) is 0 Å². The first-order chi connectivity index (χ1) is 9.83. The van der Waals surface area contributed by atoms with Crippen LogP contribution in [0.3, 0.4) is 0 Å². The fraction of sp³-hybridized carbons (Fsp3) is 0.941. The Balaban J connectivity index is 1.60. The average Bonchev–Trinajstić information content (AvgIpc) is 3.19. The molecule has 1 atom stereocenters. The Labute approximate surface area is 129 Å². The lowest BCUT2D eigenvalue weighted by molar-refractivity contribution is 0.0489. The Hall–Kier alpha value is -0.770. The number of amides is 1. The van der Waals surface area contributed by atoms with Gasteiger partial charge in [-0.1, -0.05) is 6.92 Å². The quantitative estimate of drug-likeness (QED) is 0.817. The molecule has 2 fully saturated rings. The zero-order valence-corrected chi connectivity index (χ0v) is 14.1. The Kier molecular flexibility index (Phi) is 5.53. The smallest absolute Gasteiger partial charge is 0.407 e. The third-order valence-electron chi connectivity index (χ3n) is 4.60. The van der Waals surface area contributed by atoms with Crippen LogP contribution in [0.25, 0.3) is 0 Å². The minimum Gasteiger partial charge on any atom is -0.444 e. The van der Waals surface area contributed by atoms with Crippen LogP contribution in [0.5, 0.6) is 0 Å². The zero-order chi connectivity index (χ0) is 15.5. The van der Waals surface area contributed by atoms with Crippen LogP contribution in [0.15, 0.2) is 0 Å². The van der Waals surface area contributed by atoms with E-state index in [0.29, 0.717) is 6.04 Å². The molecule has 4 nitrogen and oxygen atoms in total. The molecule has 2 N–H and O–H groups in total. The summed E-state index contributed by atoms with van der Waals surface area (Å²) < 4.78 is 5.31. The summed E-state index contributed by atoms with van der Waals surface area (Å²) >= 11 is 0. The number of ether oxygens (including phenoxy) is 1. The second-order valence-electron chi connectivity index (χ2n) is 7.92. The summed E-state index contributed by atoms with van der Waals surface area (Å²) in [6.45, 7) is 9.21. The standard InChI is InChI=1S/C17H32N2O2/c1-12(13-5-6-13)11-18-14-7-9-15(10-8-14)19-16(20)21-17(2,3)4/h12-15,18H,5-11H2,1-4H3,(H,19,20). The fourth-order valence-electron chi connectivity index (χ4n) is 3.10. The lowest BCUT2D eigenvalue weighted by Gasteiger charge is -2.31. The van der Waals surface area contributed by atoms with Crippen LogP contribution in [-0.2, 0) is 4.74 Å². The molecule has 2 aliphatic rings. The highest BCUT2D eigenvalue weighted by Crippen LogP contribution is 2.36. The maximum atomic E-state index is 11.8. The molecule has 0 heterocycles. The lowest BCUT2D eigenvalue weighted by Crippen LogP contribution is -2.44. The molecule has 1 unspecified atom stereocenters. The molecule has 4 heteroatoms. The van der Waals surface area contributed by atoms with Gasteiger partial charge < -0.3 is 15.4 Å². The lowest BCUT2D eigenvalue weighted by atomic mass is 9.91. The molecule has 0 bridgehead atoms. The molecular formula is C17H32N2O2. The molecule has 0 spiro atoms.